The maximum Gasteiger partial charge on any atom is 0.305 e. The van der Waals surface area contributed by atoms with Crippen LogP contribution in [0.3, 0.4) is 0 Å². The molecule has 0 saturated carbocycles. The summed E-state index contributed by atoms with van der Waals surface area (Å²) in [6.45, 7) is 4.96. The summed E-state index contributed by atoms with van der Waals surface area (Å²) in [5.41, 5.74) is 0. The van der Waals surface area contributed by atoms with Crippen molar-refractivity contribution in [1.82, 2.24) is 5.32 Å². The van der Waals surface area contributed by atoms with Gasteiger partial charge in [0.15, 0.2) is 0 Å². The lowest BCUT2D eigenvalue weighted by Gasteiger charge is -2.22. The molecule has 0 rings (SSSR count). The quantitative estimate of drug-likeness (QED) is 0.0320. The summed E-state index contributed by atoms with van der Waals surface area (Å²) < 4.78 is 5.51. The van der Waals surface area contributed by atoms with E-state index >= 15 is 0 Å². The van der Waals surface area contributed by atoms with Gasteiger partial charge in [0.1, 0.15) is 0 Å². The molecule has 3 N–H and O–H groups in total. The fourth-order valence-corrected chi connectivity index (χ4v) is 11.6. The number of hydrogen-bond acceptors (Lipinski definition) is 5. The molecule has 1 amide bonds. The molecule has 0 aromatic rings. The molecule has 2 atom stereocenters. The highest BCUT2D eigenvalue weighted by Gasteiger charge is 2.20. The van der Waals surface area contributed by atoms with Crippen molar-refractivity contribution in [3.63, 3.8) is 0 Å². The smallest absolute Gasteiger partial charge is 0.305 e. The van der Waals surface area contributed by atoms with Crippen molar-refractivity contribution < 1.29 is 24.5 Å². The van der Waals surface area contributed by atoms with Gasteiger partial charge in [0, 0.05) is 12.8 Å². The zero-order chi connectivity index (χ0) is 58.5. The number of ether oxygens (including phenoxy) is 1. The molecular weight excluding hydrogens is 995 g/mol. The topological polar surface area (TPSA) is 95.9 Å². The second kappa shape index (κ2) is 70.6. The van der Waals surface area contributed by atoms with E-state index in [-0.39, 0.29) is 18.5 Å². The van der Waals surface area contributed by atoms with Gasteiger partial charge in [-0.3, -0.25) is 9.59 Å². The van der Waals surface area contributed by atoms with E-state index in [0.29, 0.717) is 25.9 Å². The lowest BCUT2D eigenvalue weighted by molar-refractivity contribution is -0.143. The van der Waals surface area contributed by atoms with E-state index in [2.05, 4.69) is 55.6 Å². The van der Waals surface area contributed by atoms with E-state index in [1.807, 2.05) is 0 Å². The molecule has 0 bridgehead atoms. The van der Waals surface area contributed by atoms with Gasteiger partial charge in [-0.05, 0) is 83.5 Å². The van der Waals surface area contributed by atoms with E-state index in [1.165, 1.54) is 321 Å². The van der Waals surface area contributed by atoms with Crippen molar-refractivity contribution in [2.45, 2.75) is 418 Å². The van der Waals surface area contributed by atoms with Gasteiger partial charge in [-0.15, -0.1) is 0 Å². The molecule has 0 aromatic heterocycles. The minimum atomic E-state index is -0.667. The monoisotopic (exact) mass is 1140 g/mol. The molecule has 0 fully saturated rings. The number of unbranched alkanes of at least 4 members (excludes halogenated alkanes) is 52. The molecule has 0 heterocycles. The molecule has 478 valence electrons. The van der Waals surface area contributed by atoms with Crippen LogP contribution in [-0.4, -0.2) is 47.4 Å². The molecular formula is C75H143NO5. The van der Waals surface area contributed by atoms with Crippen molar-refractivity contribution in [2.75, 3.05) is 13.2 Å². The van der Waals surface area contributed by atoms with Crippen LogP contribution in [0, 0.1) is 0 Å². The van der Waals surface area contributed by atoms with Crippen molar-refractivity contribution >= 4 is 11.9 Å². The van der Waals surface area contributed by atoms with Gasteiger partial charge in [0.05, 0.1) is 25.4 Å². The first-order chi connectivity index (χ1) is 40.0. The molecule has 6 heteroatoms. The number of esters is 1. The third-order valence-electron chi connectivity index (χ3n) is 17.2. The average Bonchev–Trinajstić information content (AvgIpc) is 3.47. The van der Waals surface area contributed by atoms with Crippen LogP contribution in [0.1, 0.15) is 406 Å². The number of aliphatic hydroxyl groups is 2. The van der Waals surface area contributed by atoms with Crippen LogP contribution in [0.25, 0.3) is 0 Å². The van der Waals surface area contributed by atoms with Crippen molar-refractivity contribution in [3.8, 4) is 0 Å². The Morgan fingerprint density at radius 2 is 0.617 bits per heavy atom. The largest absolute Gasteiger partial charge is 0.466 e. The number of aliphatic hydroxyl groups excluding tert-OH is 2. The third kappa shape index (κ3) is 67.1. The first-order valence-corrected chi connectivity index (χ1v) is 36.7. The molecule has 0 aliphatic heterocycles. The summed E-state index contributed by atoms with van der Waals surface area (Å²) in [4.78, 5) is 24.7. The van der Waals surface area contributed by atoms with Crippen LogP contribution in [-0.2, 0) is 14.3 Å². The lowest BCUT2D eigenvalue weighted by Crippen LogP contribution is -2.45. The second-order valence-corrected chi connectivity index (χ2v) is 25.3. The Balaban J connectivity index is 3.38. The Bertz CT molecular complexity index is 1310. The van der Waals surface area contributed by atoms with Gasteiger partial charge < -0.3 is 20.3 Å². The molecule has 2 unspecified atom stereocenters. The molecule has 0 saturated heterocycles. The third-order valence-corrected chi connectivity index (χ3v) is 17.2. The van der Waals surface area contributed by atoms with E-state index in [1.54, 1.807) is 0 Å². The summed E-state index contributed by atoms with van der Waals surface area (Å²) in [6.07, 6.45) is 90.5. The Labute approximate surface area is 506 Å². The number of hydrogen-bond donors (Lipinski definition) is 3. The van der Waals surface area contributed by atoms with Crippen molar-refractivity contribution in [3.05, 3.63) is 36.5 Å². The van der Waals surface area contributed by atoms with Gasteiger partial charge >= 0.3 is 5.97 Å². The minimum Gasteiger partial charge on any atom is -0.466 e. The van der Waals surface area contributed by atoms with Crippen LogP contribution in [0.2, 0.25) is 0 Å². The van der Waals surface area contributed by atoms with Crippen molar-refractivity contribution in [2.24, 2.45) is 0 Å². The summed E-state index contributed by atoms with van der Waals surface area (Å²) >= 11 is 0. The van der Waals surface area contributed by atoms with Crippen molar-refractivity contribution in [1.29, 1.82) is 0 Å². The fourth-order valence-electron chi connectivity index (χ4n) is 11.6. The number of nitrogens with one attached hydrogen (secondary N) is 1. The van der Waals surface area contributed by atoms with Gasteiger partial charge in [-0.2, -0.15) is 0 Å². The van der Waals surface area contributed by atoms with Gasteiger partial charge in [-0.1, -0.05) is 346 Å². The molecule has 0 aromatic carbocycles. The van der Waals surface area contributed by atoms with E-state index in [4.69, 9.17) is 4.74 Å². The Morgan fingerprint density at radius 3 is 0.975 bits per heavy atom. The molecule has 0 aliphatic rings. The SMILES string of the molecule is CCCCC/C=C\C/C=C\CCCCCCCCCCCC(=O)OCCCCCCCCCCCCCC/C=C\CCCCCCCCCCCCC(=O)NC(CO)C(O)CCCCCCCCCCCCCCCCCCCCC. The van der Waals surface area contributed by atoms with Gasteiger partial charge in [0.25, 0.3) is 0 Å². The van der Waals surface area contributed by atoms with Crippen LogP contribution in [0.15, 0.2) is 36.5 Å². The maximum atomic E-state index is 12.5. The normalized spacial score (nSPS) is 12.7. The van der Waals surface area contributed by atoms with Crippen LogP contribution >= 0.6 is 0 Å². The van der Waals surface area contributed by atoms with E-state index in [0.717, 1.165) is 51.4 Å². The summed E-state index contributed by atoms with van der Waals surface area (Å²) in [5.74, 6) is -0.0218. The number of carbonyl (C=O) groups is 2. The maximum absolute atomic E-state index is 12.5. The highest BCUT2D eigenvalue weighted by atomic mass is 16.5. The number of amides is 1. The molecule has 81 heavy (non-hydrogen) atoms. The zero-order valence-electron chi connectivity index (χ0n) is 54.8. The van der Waals surface area contributed by atoms with E-state index in [9.17, 15) is 19.8 Å². The summed E-state index contributed by atoms with van der Waals surface area (Å²) in [6, 6.07) is -0.544. The van der Waals surface area contributed by atoms with Crippen LogP contribution in [0.4, 0.5) is 0 Å². The minimum absolute atomic E-state index is 0.0112. The standard InChI is InChI=1S/C75H143NO5/c1-3-5-7-9-11-13-15-17-19-21-31-35-39-43-47-51-55-59-63-67-73(78)72(71-77)76-74(79)68-64-60-56-52-48-44-40-36-33-29-27-25-23-24-26-28-30-34-38-42-46-50-54-58-62-66-70-81-75(80)69-65-61-57-53-49-45-41-37-32-22-20-18-16-14-12-10-8-6-4-2/h12,14,18,20,23,25,72-73,77-78H,3-11,13,15-17,19,21-22,24,26-71H2,1-2H3,(H,76,79)/b14-12-,20-18-,25-23-. The number of allylic oxidation sites excluding steroid dienone is 6. The first-order valence-electron chi connectivity index (χ1n) is 36.7. The van der Waals surface area contributed by atoms with E-state index < -0.39 is 12.1 Å². The predicted octanol–water partition coefficient (Wildman–Crippen LogP) is 23.9. The van der Waals surface area contributed by atoms with Gasteiger partial charge in [0.2, 0.25) is 5.91 Å². The summed E-state index contributed by atoms with van der Waals surface area (Å²) in [5, 5.41) is 23.4. The second-order valence-electron chi connectivity index (χ2n) is 25.3. The first kappa shape index (κ1) is 79.1. The number of rotatable bonds is 69. The zero-order valence-corrected chi connectivity index (χ0v) is 54.8. The average molecular weight is 1140 g/mol. The van der Waals surface area contributed by atoms with Gasteiger partial charge in [-0.25, -0.2) is 0 Å². The molecule has 0 aliphatic carbocycles. The lowest BCUT2D eigenvalue weighted by atomic mass is 10.0. The predicted molar refractivity (Wildman–Crippen MR) is 356 cm³/mol. The highest BCUT2D eigenvalue weighted by molar-refractivity contribution is 5.76. The Kier molecular flexibility index (Phi) is 68.9. The number of carbonyl (C=O) groups excluding carboxylic acids is 2. The molecule has 0 spiro atoms. The Morgan fingerprint density at radius 1 is 0.346 bits per heavy atom. The summed E-state index contributed by atoms with van der Waals surface area (Å²) in [7, 11) is 0. The fraction of sp³-hybridized carbons (Fsp3) is 0.893. The molecule has 0 radical (unpaired) electrons. The highest BCUT2D eigenvalue weighted by Crippen LogP contribution is 2.19. The van der Waals surface area contributed by atoms with Crippen LogP contribution < -0.4 is 5.32 Å². The Hall–Kier alpha value is -1.92. The molecule has 6 nitrogen and oxygen atoms in total. The van der Waals surface area contributed by atoms with Crippen LogP contribution in [0.5, 0.6) is 0 Å².